The van der Waals surface area contributed by atoms with Crippen LogP contribution in [0, 0.1) is 18.6 Å². The number of aromatic nitrogens is 3. The number of benzene rings is 2. The highest BCUT2D eigenvalue weighted by atomic mass is 32.2. The van der Waals surface area contributed by atoms with Gasteiger partial charge in [-0.2, -0.15) is 0 Å². The van der Waals surface area contributed by atoms with Crippen LogP contribution in [0.25, 0.3) is 11.3 Å². The van der Waals surface area contributed by atoms with Gasteiger partial charge in [0.05, 0.1) is 17.0 Å². The van der Waals surface area contributed by atoms with Crippen molar-refractivity contribution in [2.24, 2.45) is 0 Å². The molecule has 1 aliphatic heterocycles. The number of nitrogen functional groups attached to an aromatic ring is 1. The molecule has 0 saturated carbocycles. The number of nitrogens with zero attached hydrogens (tertiary/aromatic N) is 3. The maximum Gasteiger partial charge on any atom is 0.228 e. The summed E-state index contributed by atoms with van der Waals surface area (Å²) in [6, 6.07) is 15.0. The fraction of sp³-hybridized carbons (Fsp3) is 0.250. The summed E-state index contributed by atoms with van der Waals surface area (Å²) in [5.41, 5.74) is 6.87. The van der Waals surface area contributed by atoms with Gasteiger partial charge in [-0.05, 0) is 56.6 Å². The van der Waals surface area contributed by atoms with E-state index < -0.39 is 28.3 Å². The molecule has 0 radical (unpaired) electrons. The summed E-state index contributed by atoms with van der Waals surface area (Å²) in [5, 5.41) is 3.28. The van der Waals surface area contributed by atoms with Crippen molar-refractivity contribution in [3.63, 3.8) is 0 Å². The number of halogens is 2. The fourth-order valence-corrected chi connectivity index (χ4v) is 4.85. The highest BCUT2D eigenvalue weighted by molar-refractivity contribution is 7.85. The third-order valence-corrected chi connectivity index (χ3v) is 6.93. The van der Waals surface area contributed by atoms with Crippen LogP contribution in [0.3, 0.4) is 0 Å². The normalized spacial score (nSPS) is 13.6. The molecule has 4 aromatic rings. The number of hydrogen-bond donors (Lipinski definition) is 3. The maximum absolute atomic E-state index is 15.0. The summed E-state index contributed by atoms with van der Waals surface area (Å²) in [6.45, 7) is 3.93. The number of nitrogens with two attached hydrogens (primary N) is 1. The Morgan fingerprint density at radius 2 is 1.79 bits per heavy atom. The Bertz CT molecular complexity index is 1410. The van der Waals surface area contributed by atoms with Gasteiger partial charge in [0.1, 0.15) is 22.4 Å². The van der Waals surface area contributed by atoms with Crippen LogP contribution in [0.1, 0.15) is 30.4 Å². The molecule has 4 N–H and O–H groups in total. The van der Waals surface area contributed by atoms with Crippen molar-refractivity contribution in [1.29, 1.82) is 0 Å². The molecule has 1 fully saturated rings. The molecule has 3 heterocycles. The molecule has 8 nitrogen and oxygen atoms in total. The van der Waals surface area contributed by atoms with Gasteiger partial charge in [0.25, 0.3) is 0 Å². The zero-order valence-electron chi connectivity index (χ0n) is 21.5. The Hall–Kier alpha value is -3.96. The molecule has 0 bridgehead atoms. The van der Waals surface area contributed by atoms with Crippen LogP contribution < -0.4 is 20.5 Å². The lowest BCUT2D eigenvalue weighted by Crippen LogP contribution is -2.21. The van der Waals surface area contributed by atoms with Gasteiger partial charge in [-0.3, -0.25) is 4.72 Å². The van der Waals surface area contributed by atoms with Crippen molar-refractivity contribution in [1.82, 2.24) is 20.3 Å². The number of hydrogen-bond acceptors (Lipinski definition) is 7. The minimum atomic E-state index is -1.74. The minimum absolute atomic E-state index is 0.0226. The molecule has 1 saturated heterocycles. The van der Waals surface area contributed by atoms with E-state index in [0.29, 0.717) is 11.3 Å². The standard InChI is InChI=1S/C23H19F2N5O2S.C5H11N/c1-14-19(32-22-16(8-5-10-27-22)18-9-11-28-23(26)29-18)12-17(24)21(20(14)25)30-33(31)13-15-6-3-2-4-7-15;1-2-4-6-5-3-1/h2-12,30H,13H2,1H3,(H2,26,28,29);6H,1-5H2. The molecular formula is C28H30F2N6O2S. The lowest BCUT2D eigenvalue weighted by atomic mass is 10.1. The molecule has 0 spiro atoms. The lowest BCUT2D eigenvalue weighted by molar-refractivity contribution is 0.449. The molecule has 11 heteroatoms. The number of nitrogens with one attached hydrogen (secondary N) is 2. The van der Waals surface area contributed by atoms with Crippen LogP contribution in [-0.4, -0.2) is 32.3 Å². The van der Waals surface area contributed by atoms with E-state index in [2.05, 4.69) is 25.0 Å². The maximum atomic E-state index is 15.0. The lowest BCUT2D eigenvalue weighted by Gasteiger charge is -2.15. The number of ether oxygens (including phenoxy) is 1. The van der Waals surface area contributed by atoms with Crippen molar-refractivity contribution in [2.45, 2.75) is 31.9 Å². The second-order valence-electron chi connectivity index (χ2n) is 8.82. The number of pyridine rings is 1. The van der Waals surface area contributed by atoms with E-state index in [9.17, 15) is 8.60 Å². The molecule has 39 heavy (non-hydrogen) atoms. The van der Waals surface area contributed by atoms with E-state index >= 15 is 4.39 Å². The second kappa shape index (κ2) is 13.7. The third-order valence-electron chi connectivity index (χ3n) is 5.91. The minimum Gasteiger partial charge on any atom is -0.438 e. The van der Waals surface area contributed by atoms with E-state index in [1.165, 1.54) is 51.7 Å². The largest absolute Gasteiger partial charge is 0.438 e. The van der Waals surface area contributed by atoms with Crippen molar-refractivity contribution in [3.8, 4) is 22.9 Å². The smallest absolute Gasteiger partial charge is 0.228 e. The zero-order chi connectivity index (χ0) is 27.6. The average Bonchev–Trinajstić information content (AvgIpc) is 2.96. The monoisotopic (exact) mass is 552 g/mol. The Balaban J connectivity index is 0.000000519. The summed E-state index contributed by atoms with van der Waals surface area (Å²) in [4.78, 5) is 12.2. The number of anilines is 2. The third kappa shape index (κ3) is 7.78. The summed E-state index contributed by atoms with van der Waals surface area (Å²) in [7, 11) is -1.74. The van der Waals surface area contributed by atoms with Crippen molar-refractivity contribution >= 4 is 22.6 Å². The molecule has 0 amide bonds. The van der Waals surface area contributed by atoms with Gasteiger partial charge in [-0.15, -0.1) is 0 Å². The molecule has 1 aliphatic rings. The first-order valence-corrected chi connectivity index (χ1v) is 13.8. The Labute approximate surface area is 228 Å². The van der Waals surface area contributed by atoms with Crippen molar-refractivity contribution < 1.29 is 17.7 Å². The molecule has 2 aromatic carbocycles. The van der Waals surface area contributed by atoms with Gasteiger partial charge in [-0.25, -0.2) is 27.9 Å². The van der Waals surface area contributed by atoms with Crippen LogP contribution >= 0.6 is 0 Å². The van der Waals surface area contributed by atoms with E-state index in [-0.39, 0.29) is 28.9 Å². The van der Waals surface area contributed by atoms with Crippen LogP contribution in [-0.2, 0) is 16.7 Å². The first-order chi connectivity index (χ1) is 18.9. The summed E-state index contributed by atoms with van der Waals surface area (Å²) < 4.78 is 50.4. The fourth-order valence-electron chi connectivity index (χ4n) is 3.87. The summed E-state index contributed by atoms with van der Waals surface area (Å²) >= 11 is 0. The van der Waals surface area contributed by atoms with Gasteiger partial charge in [-0.1, -0.05) is 36.8 Å². The number of rotatable bonds is 7. The Morgan fingerprint density at radius 3 is 2.46 bits per heavy atom. The molecule has 1 atom stereocenters. The van der Waals surface area contributed by atoms with Gasteiger partial charge >= 0.3 is 0 Å². The van der Waals surface area contributed by atoms with E-state index in [1.54, 1.807) is 42.5 Å². The first kappa shape index (κ1) is 28.1. The predicted octanol–water partition coefficient (Wildman–Crippen LogP) is 5.54. The van der Waals surface area contributed by atoms with Gasteiger partial charge in [0.15, 0.2) is 11.6 Å². The molecule has 1 unspecified atom stereocenters. The van der Waals surface area contributed by atoms with E-state index in [0.717, 1.165) is 11.6 Å². The predicted molar refractivity (Wildman–Crippen MR) is 149 cm³/mol. The van der Waals surface area contributed by atoms with Crippen LogP contribution in [0.4, 0.5) is 20.4 Å². The molecule has 204 valence electrons. The van der Waals surface area contributed by atoms with Crippen LogP contribution in [0.2, 0.25) is 0 Å². The quantitative estimate of drug-likeness (QED) is 0.276. The van der Waals surface area contributed by atoms with E-state index in [1.807, 2.05) is 6.07 Å². The molecular weight excluding hydrogens is 522 g/mol. The number of piperidine rings is 1. The summed E-state index contributed by atoms with van der Waals surface area (Å²) in [5.74, 6) is -1.68. The topological polar surface area (TPSA) is 115 Å². The SMILES string of the molecule is C1CCNCC1.Cc1c(Oc2ncccc2-c2ccnc(N)n2)cc(F)c(NS(=O)Cc2ccccc2)c1F. The Morgan fingerprint density at radius 1 is 1.03 bits per heavy atom. The first-order valence-electron chi connectivity index (χ1n) is 12.5. The van der Waals surface area contributed by atoms with Gasteiger partial charge in [0, 0.05) is 24.0 Å². The Kier molecular flexibility index (Phi) is 9.87. The zero-order valence-corrected chi connectivity index (χ0v) is 22.3. The molecule has 5 rings (SSSR count). The summed E-state index contributed by atoms with van der Waals surface area (Å²) in [6.07, 6.45) is 7.18. The van der Waals surface area contributed by atoms with Crippen molar-refractivity contribution in [2.75, 3.05) is 23.5 Å². The van der Waals surface area contributed by atoms with Crippen LogP contribution in [0.5, 0.6) is 11.6 Å². The van der Waals surface area contributed by atoms with Crippen LogP contribution in [0.15, 0.2) is 67.0 Å². The van der Waals surface area contributed by atoms with Gasteiger partial charge < -0.3 is 15.8 Å². The molecule has 0 aliphatic carbocycles. The van der Waals surface area contributed by atoms with Gasteiger partial charge in [0.2, 0.25) is 11.8 Å². The highest BCUT2D eigenvalue weighted by Gasteiger charge is 2.20. The van der Waals surface area contributed by atoms with E-state index in [4.69, 9.17) is 10.5 Å². The average molecular weight is 553 g/mol. The van der Waals surface area contributed by atoms with Crippen molar-refractivity contribution in [3.05, 3.63) is 89.8 Å². The highest BCUT2D eigenvalue weighted by Crippen LogP contribution is 2.36. The second-order valence-corrected chi connectivity index (χ2v) is 10.0. The molecule has 2 aromatic heterocycles.